The van der Waals surface area contributed by atoms with Gasteiger partial charge in [0.15, 0.2) is 0 Å². The molecule has 0 spiro atoms. The Morgan fingerprint density at radius 2 is 2.32 bits per heavy atom. The number of carbonyl (C=O) groups is 1. The van der Waals surface area contributed by atoms with Gasteiger partial charge in [0.2, 0.25) is 0 Å². The topological polar surface area (TPSA) is 92.0 Å². The van der Waals surface area contributed by atoms with Gasteiger partial charge in [0.1, 0.15) is 5.75 Å². The molecule has 0 aliphatic heterocycles. The summed E-state index contributed by atoms with van der Waals surface area (Å²) in [5.41, 5.74) is 1.46. The first kappa shape index (κ1) is 15.1. The predicted octanol–water partition coefficient (Wildman–Crippen LogP) is 0.960. The first-order valence-corrected chi connectivity index (χ1v) is 5.95. The SMILES string of the molecule is COC(=O)CCCN=Cc1c(CO)cnc(C)c1O. The molecule has 19 heavy (non-hydrogen) atoms. The van der Waals surface area contributed by atoms with Gasteiger partial charge in [0.05, 0.1) is 19.4 Å². The van der Waals surface area contributed by atoms with Crippen LogP contribution in [0.2, 0.25) is 0 Å². The highest BCUT2D eigenvalue weighted by Crippen LogP contribution is 2.21. The Morgan fingerprint density at radius 1 is 1.58 bits per heavy atom. The minimum Gasteiger partial charge on any atom is -0.505 e. The van der Waals surface area contributed by atoms with Gasteiger partial charge in [-0.15, -0.1) is 0 Å². The van der Waals surface area contributed by atoms with Gasteiger partial charge in [-0.2, -0.15) is 0 Å². The number of hydrogen-bond donors (Lipinski definition) is 2. The van der Waals surface area contributed by atoms with Crippen LogP contribution in [0.15, 0.2) is 11.2 Å². The van der Waals surface area contributed by atoms with Gasteiger partial charge in [-0.1, -0.05) is 0 Å². The standard InChI is InChI=1S/C13H18N2O4/c1-9-13(18)11(10(8-16)6-15-9)7-14-5-3-4-12(17)19-2/h6-7,16,18H,3-5,8H2,1-2H3. The second kappa shape index (κ2) is 7.48. The molecule has 0 amide bonds. The number of pyridine rings is 1. The summed E-state index contributed by atoms with van der Waals surface area (Å²) in [6.45, 7) is 1.90. The van der Waals surface area contributed by atoms with E-state index in [0.717, 1.165) is 0 Å². The summed E-state index contributed by atoms with van der Waals surface area (Å²) in [5, 5.41) is 19.0. The maximum atomic E-state index is 10.9. The Morgan fingerprint density at radius 3 is 2.95 bits per heavy atom. The number of aromatic nitrogens is 1. The second-order valence-corrected chi connectivity index (χ2v) is 4.00. The van der Waals surface area contributed by atoms with E-state index in [1.54, 1.807) is 6.92 Å². The Bertz CT molecular complexity index is 472. The molecular weight excluding hydrogens is 248 g/mol. The fourth-order valence-corrected chi connectivity index (χ4v) is 1.50. The van der Waals surface area contributed by atoms with Gasteiger partial charge in [0.25, 0.3) is 0 Å². The average molecular weight is 266 g/mol. The lowest BCUT2D eigenvalue weighted by molar-refractivity contribution is -0.140. The number of aryl methyl sites for hydroxylation is 1. The third kappa shape index (κ3) is 4.33. The summed E-state index contributed by atoms with van der Waals surface area (Å²) >= 11 is 0. The molecule has 0 saturated carbocycles. The molecule has 0 fully saturated rings. The number of hydrogen-bond acceptors (Lipinski definition) is 6. The zero-order chi connectivity index (χ0) is 14.3. The molecule has 0 saturated heterocycles. The van der Waals surface area contributed by atoms with E-state index >= 15 is 0 Å². The summed E-state index contributed by atoms with van der Waals surface area (Å²) in [7, 11) is 1.34. The lowest BCUT2D eigenvalue weighted by Crippen LogP contribution is -2.01. The zero-order valence-electron chi connectivity index (χ0n) is 11.1. The fourth-order valence-electron chi connectivity index (χ4n) is 1.50. The highest BCUT2D eigenvalue weighted by atomic mass is 16.5. The minimum absolute atomic E-state index is 0.0169. The van der Waals surface area contributed by atoms with E-state index in [2.05, 4.69) is 14.7 Å². The number of carbonyl (C=O) groups excluding carboxylic acids is 1. The molecule has 1 heterocycles. The van der Waals surface area contributed by atoms with E-state index in [1.807, 2.05) is 0 Å². The van der Waals surface area contributed by atoms with Crippen LogP contribution in [0, 0.1) is 6.92 Å². The second-order valence-electron chi connectivity index (χ2n) is 4.00. The van der Waals surface area contributed by atoms with E-state index in [-0.39, 0.29) is 18.3 Å². The summed E-state index contributed by atoms with van der Waals surface area (Å²) in [6.07, 6.45) is 3.88. The summed E-state index contributed by atoms with van der Waals surface area (Å²) in [5.74, 6) is -0.253. The highest BCUT2D eigenvalue weighted by molar-refractivity contribution is 5.85. The van der Waals surface area contributed by atoms with Crippen molar-refractivity contribution >= 4 is 12.2 Å². The number of nitrogens with zero attached hydrogens (tertiary/aromatic N) is 2. The van der Waals surface area contributed by atoms with Crippen molar-refractivity contribution < 1.29 is 19.7 Å². The van der Waals surface area contributed by atoms with Gasteiger partial charge in [-0.3, -0.25) is 14.8 Å². The molecule has 0 bridgehead atoms. The van der Waals surface area contributed by atoms with Crippen LogP contribution in [0.1, 0.15) is 29.7 Å². The van der Waals surface area contributed by atoms with Gasteiger partial charge in [-0.25, -0.2) is 0 Å². The van der Waals surface area contributed by atoms with E-state index in [9.17, 15) is 9.90 Å². The maximum absolute atomic E-state index is 10.9. The molecule has 0 aromatic carbocycles. The lowest BCUT2D eigenvalue weighted by atomic mass is 10.1. The smallest absolute Gasteiger partial charge is 0.305 e. The molecule has 6 heteroatoms. The van der Waals surface area contributed by atoms with Crippen LogP contribution in [-0.4, -0.2) is 41.0 Å². The molecule has 0 aliphatic rings. The summed E-state index contributed by atoms with van der Waals surface area (Å²) in [4.78, 5) is 19.0. The van der Waals surface area contributed by atoms with Crippen LogP contribution < -0.4 is 0 Å². The van der Waals surface area contributed by atoms with Crippen LogP contribution in [0.3, 0.4) is 0 Å². The molecular formula is C13H18N2O4. The molecule has 104 valence electrons. The molecule has 1 rings (SSSR count). The van der Waals surface area contributed by atoms with Crippen LogP contribution in [0.25, 0.3) is 0 Å². The van der Waals surface area contributed by atoms with Crippen molar-refractivity contribution in [3.05, 3.63) is 23.0 Å². The number of aliphatic hydroxyl groups excluding tert-OH is 1. The van der Waals surface area contributed by atoms with Crippen LogP contribution in [0.5, 0.6) is 5.75 Å². The summed E-state index contributed by atoms with van der Waals surface area (Å²) in [6, 6.07) is 0. The van der Waals surface area contributed by atoms with Crippen LogP contribution >= 0.6 is 0 Å². The van der Waals surface area contributed by atoms with Crippen LogP contribution in [-0.2, 0) is 16.1 Å². The number of aliphatic imine (C=N–C) groups is 1. The number of aromatic hydroxyl groups is 1. The summed E-state index contributed by atoms with van der Waals surface area (Å²) < 4.78 is 4.51. The lowest BCUT2D eigenvalue weighted by Gasteiger charge is -2.06. The largest absolute Gasteiger partial charge is 0.505 e. The van der Waals surface area contributed by atoms with Crippen LogP contribution in [0.4, 0.5) is 0 Å². The quantitative estimate of drug-likeness (QED) is 0.454. The minimum atomic E-state index is -0.270. The normalized spacial score (nSPS) is 10.9. The van der Waals surface area contributed by atoms with E-state index in [4.69, 9.17) is 5.11 Å². The molecule has 2 N–H and O–H groups in total. The van der Waals surface area contributed by atoms with Crippen molar-refractivity contribution in [1.82, 2.24) is 4.98 Å². The van der Waals surface area contributed by atoms with E-state index in [0.29, 0.717) is 36.2 Å². The average Bonchev–Trinajstić information content (AvgIpc) is 2.42. The highest BCUT2D eigenvalue weighted by Gasteiger charge is 2.08. The number of rotatable bonds is 6. The van der Waals surface area contributed by atoms with Crippen molar-refractivity contribution in [2.75, 3.05) is 13.7 Å². The molecule has 0 radical (unpaired) electrons. The number of ether oxygens (including phenoxy) is 1. The van der Waals surface area contributed by atoms with Crippen molar-refractivity contribution in [3.63, 3.8) is 0 Å². The van der Waals surface area contributed by atoms with E-state index < -0.39 is 0 Å². The predicted molar refractivity (Wildman–Crippen MR) is 70.3 cm³/mol. The Balaban J connectivity index is 2.66. The van der Waals surface area contributed by atoms with Gasteiger partial charge in [-0.05, 0) is 13.3 Å². The maximum Gasteiger partial charge on any atom is 0.305 e. The van der Waals surface area contributed by atoms with Gasteiger partial charge < -0.3 is 14.9 Å². The first-order valence-electron chi connectivity index (χ1n) is 5.95. The van der Waals surface area contributed by atoms with E-state index in [1.165, 1.54) is 19.5 Å². The Labute approximate surface area is 111 Å². The Kier molecular flexibility index (Phi) is 5.95. The zero-order valence-corrected chi connectivity index (χ0v) is 11.1. The molecule has 0 unspecified atom stereocenters. The molecule has 1 aromatic heterocycles. The first-order chi connectivity index (χ1) is 9.10. The van der Waals surface area contributed by atoms with Crippen molar-refractivity contribution in [3.8, 4) is 5.75 Å². The number of aliphatic hydroxyl groups is 1. The third-order valence-electron chi connectivity index (χ3n) is 2.64. The van der Waals surface area contributed by atoms with Gasteiger partial charge in [0, 0.05) is 36.5 Å². The fraction of sp³-hybridized carbons (Fsp3) is 0.462. The van der Waals surface area contributed by atoms with Gasteiger partial charge >= 0.3 is 5.97 Å². The van der Waals surface area contributed by atoms with Crippen molar-refractivity contribution in [1.29, 1.82) is 0 Å². The molecule has 1 aromatic rings. The monoisotopic (exact) mass is 266 g/mol. The van der Waals surface area contributed by atoms with Crippen molar-refractivity contribution in [2.45, 2.75) is 26.4 Å². The molecule has 0 atom stereocenters. The number of esters is 1. The molecule has 0 aliphatic carbocycles. The molecule has 6 nitrogen and oxygen atoms in total. The van der Waals surface area contributed by atoms with Crippen molar-refractivity contribution in [2.24, 2.45) is 4.99 Å². The third-order valence-corrected chi connectivity index (χ3v) is 2.64. The number of methoxy groups -OCH3 is 1. The Hall–Kier alpha value is -1.95.